The Morgan fingerprint density at radius 1 is 1.29 bits per heavy atom. The molecule has 4 nitrogen and oxygen atoms in total. The highest BCUT2D eigenvalue weighted by Crippen LogP contribution is 2.30. The van der Waals surface area contributed by atoms with Crippen LogP contribution in [0.3, 0.4) is 0 Å². The molecule has 6 heteroatoms. The molecule has 0 bridgehead atoms. The highest BCUT2D eigenvalue weighted by atomic mass is 19.3. The van der Waals surface area contributed by atoms with Crippen LogP contribution in [0.2, 0.25) is 0 Å². The quantitative estimate of drug-likeness (QED) is 0.758. The SMILES string of the molecule is CC(CC1CCC1)NCC(F)(F)CNC(=O)OC(C)(C)C. The van der Waals surface area contributed by atoms with Crippen molar-refractivity contribution in [2.75, 3.05) is 13.1 Å². The number of hydrogen-bond donors (Lipinski definition) is 2. The molecule has 0 saturated heterocycles. The van der Waals surface area contributed by atoms with Gasteiger partial charge in [-0.15, -0.1) is 0 Å². The average molecular weight is 306 g/mol. The standard InChI is InChI=1S/C15H28F2N2O2/c1-11(8-12-6-5-7-12)18-9-15(16,17)10-19-13(20)21-14(2,3)4/h11-12,18H,5-10H2,1-4H3,(H,19,20). The van der Waals surface area contributed by atoms with Gasteiger partial charge in [-0.3, -0.25) is 0 Å². The maximum atomic E-state index is 13.7. The van der Waals surface area contributed by atoms with Crippen molar-refractivity contribution in [3.8, 4) is 0 Å². The van der Waals surface area contributed by atoms with Gasteiger partial charge < -0.3 is 15.4 Å². The second-order valence-corrected chi connectivity index (χ2v) is 7.03. The van der Waals surface area contributed by atoms with Crippen molar-refractivity contribution in [1.29, 1.82) is 0 Å². The number of halogens is 2. The number of ether oxygens (including phenoxy) is 1. The van der Waals surface area contributed by atoms with E-state index in [1.807, 2.05) is 6.92 Å². The van der Waals surface area contributed by atoms with E-state index in [4.69, 9.17) is 4.74 Å². The van der Waals surface area contributed by atoms with E-state index in [2.05, 4.69) is 10.6 Å². The molecule has 0 radical (unpaired) electrons. The van der Waals surface area contributed by atoms with Crippen LogP contribution in [0.4, 0.5) is 13.6 Å². The Kier molecular flexibility index (Phi) is 6.38. The van der Waals surface area contributed by atoms with E-state index in [0.717, 1.165) is 6.42 Å². The third-order valence-electron chi connectivity index (χ3n) is 3.51. The van der Waals surface area contributed by atoms with Crippen molar-refractivity contribution >= 4 is 6.09 Å². The third kappa shape index (κ3) is 8.19. The van der Waals surface area contributed by atoms with Gasteiger partial charge in [0.15, 0.2) is 0 Å². The fraction of sp³-hybridized carbons (Fsp3) is 0.933. The highest BCUT2D eigenvalue weighted by molar-refractivity contribution is 5.67. The van der Waals surface area contributed by atoms with Gasteiger partial charge in [0, 0.05) is 6.04 Å². The molecule has 0 aromatic rings. The lowest BCUT2D eigenvalue weighted by Gasteiger charge is -2.29. The molecule has 0 aliphatic heterocycles. The van der Waals surface area contributed by atoms with Gasteiger partial charge in [0.05, 0.1) is 13.1 Å². The highest BCUT2D eigenvalue weighted by Gasteiger charge is 2.31. The lowest BCUT2D eigenvalue weighted by atomic mass is 9.81. The van der Waals surface area contributed by atoms with E-state index >= 15 is 0 Å². The second-order valence-electron chi connectivity index (χ2n) is 7.03. The van der Waals surface area contributed by atoms with Gasteiger partial charge in [0.25, 0.3) is 5.92 Å². The molecule has 0 aromatic heterocycles. The van der Waals surface area contributed by atoms with Crippen molar-refractivity contribution in [3.05, 3.63) is 0 Å². The first-order valence-corrected chi connectivity index (χ1v) is 7.65. The summed E-state index contributed by atoms with van der Waals surface area (Å²) in [6.07, 6.45) is 3.80. The molecule has 1 aliphatic rings. The van der Waals surface area contributed by atoms with Crippen molar-refractivity contribution in [3.63, 3.8) is 0 Å². The van der Waals surface area contributed by atoms with E-state index in [1.54, 1.807) is 20.8 Å². The summed E-state index contributed by atoms with van der Waals surface area (Å²) in [6, 6.07) is 0.0719. The maximum absolute atomic E-state index is 13.7. The molecule has 1 saturated carbocycles. The van der Waals surface area contributed by atoms with Crippen LogP contribution in [0.25, 0.3) is 0 Å². The normalized spacial score (nSPS) is 18.0. The fourth-order valence-electron chi connectivity index (χ4n) is 2.21. The van der Waals surface area contributed by atoms with Crippen LogP contribution in [0, 0.1) is 5.92 Å². The van der Waals surface area contributed by atoms with E-state index in [1.165, 1.54) is 19.3 Å². The lowest BCUT2D eigenvalue weighted by molar-refractivity contribution is -0.00595. The molecule has 1 atom stereocenters. The Bertz CT molecular complexity index is 339. The zero-order chi connectivity index (χ0) is 16.1. The van der Waals surface area contributed by atoms with E-state index in [-0.39, 0.29) is 6.04 Å². The van der Waals surface area contributed by atoms with Crippen LogP contribution in [0.1, 0.15) is 53.4 Å². The van der Waals surface area contributed by atoms with Crippen LogP contribution < -0.4 is 10.6 Å². The Balaban J connectivity index is 2.21. The number of nitrogens with one attached hydrogen (secondary N) is 2. The molecule has 0 heterocycles. The first-order chi connectivity index (χ1) is 9.57. The summed E-state index contributed by atoms with van der Waals surface area (Å²) < 4.78 is 32.3. The largest absolute Gasteiger partial charge is 0.444 e. The van der Waals surface area contributed by atoms with Gasteiger partial charge in [-0.05, 0) is 40.0 Å². The summed E-state index contributed by atoms with van der Waals surface area (Å²) >= 11 is 0. The minimum atomic E-state index is -2.98. The summed E-state index contributed by atoms with van der Waals surface area (Å²) in [4.78, 5) is 11.3. The molecule has 0 aromatic carbocycles. The Morgan fingerprint density at radius 3 is 2.38 bits per heavy atom. The first-order valence-electron chi connectivity index (χ1n) is 7.65. The van der Waals surface area contributed by atoms with Crippen LogP contribution in [-0.2, 0) is 4.74 Å². The second kappa shape index (κ2) is 7.38. The monoisotopic (exact) mass is 306 g/mol. The molecular weight excluding hydrogens is 278 g/mol. The molecular formula is C15H28F2N2O2. The van der Waals surface area contributed by atoms with Gasteiger partial charge in [-0.2, -0.15) is 0 Å². The molecule has 1 rings (SSSR count). The lowest BCUT2D eigenvalue weighted by Crippen LogP contribution is -2.46. The smallest absolute Gasteiger partial charge is 0.407 e. The summed E-state index contributed by atoms with van der Waals surface area (Å²) in [5, 5.41) is 4.97. The van der Waals surface area contributed by atoms with Crippen LogP contribution in [-0.4, -0.2) is 36.7 Å². The molecule has 0 spiro atoms. The van der Waals surface area contributed by atoms with E-state index in [0.29, 0.717) is 5.92 Å². The summed E-state index contributed by atoms with van der Waals surface area (Å²) in [6.45, 7) is 5.84. The number of rotatable bonds is 7. The van der Waals surface area contributed by atoms with Crippen LogP contribution in [0.5, 0.6) is 0 Å². The van der Waals surface area contributed by atoms with Crippen LogP contribution in [0.15, 0.2) is 0 Å². The Hall–Kier alpha value is -0.910. The number of alkyl halides is 2. The zero-order valence-corrected chi connectivity index (χ0v) is 13.5. The van der Waals surface area contributed by atoms with Crippen molar-refractivity contribution < 1.29 is 18.3 Å². The molecule has 2 N–H and O–H groups in total. The zero-order valence-electron chi connectivity index (χ0n) is 13.5. The minimum Gasteiger partial charge on any atom is -0.444 e. The number of carbonyl (C=O) groups excluding carboxylic acids is 1. The van der Waals surface area contributed by atoms with Crippen molar-refractivity contribution in [2.45, 2.75) is 70.9 Å². The topological polar surface area (TPSA) is 50.4 Å². The third-order valence-corrected chi connectivity index (χ3v) is 3.51. The van der Waals surface area contributed by atoms with Gasteiger partial charge in [0.2, 0.25) is 0 Å². The number of carbonyl (C=O) groups is 1. The molecule has 21 heavy (non-hydrogen) atoms. The summed E-state index contributed by atoms with van der Waals surface area (Å²) in [5.74, 6) is -2.30. The van der Waals surface area contributed by atoms with Gasteiger partial charge in [-0.25, -0.2) is 13.6 Å². The van der Waals surface area contributed by atoms with E-state index < -0.39 is 30.7 Å². The summed E-state index contributed by atoms with van der Waals surface area (Å²) in [5.41, 5.74) is -0.686. The summed E-state index contributed by atoms with van der Waals surface area (Å²) in [7, 11) is 0. The van der Waals surface area contributed by atoms with Crippen molar-refractivity contribution in [2.24, 2.45) is 5.92 Å². The molecule has 1 unspecified atom stereocenters. The van der Waals surface area contributed by atoms with Gasteiger partial charge in [0.1, 0.15) is 5.60 Å². The molecule has 1 aliphatic carbocycles. The Labute approximate surface area is 126 Å². The van der Waals surface area contributed by atoms with E-state index in [9.17, 15) is 13.6 Å². The first kappa shape index (κ1) is 18.1. The predicted molar refractivity (Wildman–Crippen MR) is 78.6 cm³/mol. The van der Waals surface area contributed by atoms with Gasteiger partial charge >= 0.3 is 6.09 Å². The number of amides is 1. The number of hydrogen-bond acceptors (Lipinski definition) is 3. The maximum Gasteiger partial charge on any atom is 0.407 e. The minimum absolute atomic E-state index is 0.0719. The number of alkyl carbamates (subject to hydrolysis) is 1. The van der Waals surface area contributed by atoms with Crippen LogP contribution >= 0.6 is 0 Å². The molecule has 124 valence electrons. The Morgan fingerprint density at radius 2 is 1.90 bits per heavy atom. The van der Waals surface area contributed by atoms with Gasteiger partial charge in [-0.1, -0.05) is 19.3 Å². The molecule has 1 fully saturated rings. The van der Waals surface area contributed by atoms with Crippen molar-refractivity contribution in [1.82, 2.24) is 10.6 Å². The average Bonchev–Trinajstić information content (AvgIpc) is 2.27. The fourth-order valence-corrected chi connectivity index (χ4v) is 2.21. The molecule has 1 amide bonds. The predicted octanol–water partition coefficient (Wildman–Crippen LogP) is 3.31.